The fourth-order valence-electron chi connectivity index (χ4n) is 2.33. The van der Waals surface area contributed by atoms with Crippen molar-refractivity contribution in [1.29, 1.82) is 0 Å². The van der Waals surface area contributed by atoms with E-state index in [1.807, 2.05) is 19.9 Å². The Morgan fingerprint density at radius 2 is 1.91 bits per heavy atom. The van der Waals surface area contributed by atoms with E-state index in [0.717, 1.165) is 21.3 Å². The van der Waals surface area contributed by atoms with Crippen molar-refractivity contribution in [3.8, 4) is 0 Å². The van der Waals surface area contributed by atoms with Gasteiger partial charge in [-0.25, -0.2) is 4.98 Å². The highest BCUT2D eigenvalue weighted by Gasteiger charge is 2.12. The topological polar surface area (TPSA) is 42.0 Å². The van der Waals surface area contributed by atoms with Gasteiger partial charge in [0.25, 0.3) is 5.91 Å². The minimum atomic E-state index is -0.199. The zero-order valence-corrected chi connectivity index (χ0v) is 14.1. The molecule has 3 rings (SSSR count). The van der Waals surface area contributed by atoms with Crippen LogP contribution in [0.3, 0.4) is 0 Å². The van der Waals surface area contributed by atoms with E-state index in [-0.39, 0.29) is 5.91 Å². The minimum Gasteiger partial charge on any atom is -0.298 e. The molecule has 22 heavy (non-hydrogen) atoms. The molecule has 1 amide bonds. The number of hydrogen-bond donors (Lipinski definition) is 1. The minimum absolute atomic E-state index is 0.199. The molecule has 0 aliphatic rings. The number of nitrogens with zero attached hydrogens (tertiary/aromatic N) is 1. The largest absolute Gasteiger partial charge is 0.298 e. The lowest BCUT2D eigenvalue weighted by Crippen LogP contribution is -2.11. The van der Waals surface area contributed by atoms with Crippen LogP contribution in [-0.4, -0.2) is 10.9 Å². The SMILES string of the molecule is Cc1cc(C)c2nc(NC(=O)c3ccc(C)c(Cl)c3)sc2c1. The van der Waals surface area contributed by atoms with Gasteiger partial charge in [-0.2, -0.15) is 0 Å². The van der Waals surface area contributed by atoms with Crippen LogP contribution in [0.2, 0.25) is 5.02 Å². The first kappa shape index (κ1) is 15.0. The number of fused-ring (bicyclic) bond motifs is 1. The van der Waals surface area contributed by atoms with E-state index in [2.05, 4.69) is 29.4 Å². The fraction of sp³-hybridized carbons (Fsp3) is 0.176. The summed E-state index contributed by atoms with van der Waals surface area (Å²) in [4.78, 5) is 16.8. The number of rotatable bonds is 2. The Kier molecular flexibility index (Phi) is 3.89. The molecule has 0 radical (unpaired) electrons. The molecule has 0 unspecified atom stereocenters. The first-order valence-electron chi connectivity index (χ1n) is 6.89. The second kappa shape index (κ2) is 5.71. The summed E-state index contributed by atoms with van der Waals surface area (Å²) in [7, 11) is 0. The Morgan fingerprint density at radius 1 is 1.14 bits per heavy atom. The van der Waals surface area contributed by atoms with Gasteiger partial charge in [-0.1, -0.05) is 35.1 Å². The summed E-state index contributed by atoms with van der Waals surface area (Å²) < 4.78 is 1.08. The molecular formula is C17H15ClN2OS. The zero-order chi connectivity index (χ0) is 15.9. The summed E-state index contributed by atoms with van der Waals surface area (Å²) in [6, 6.07) is 9.45. The van der Waals surface area contributed by atoms with Crippen LogP contribution in [0.5, 0.6) is 0 Å². The summed E-state index contributed by atoms with van der Waals surface area (Å²) in [6.07, 6.45) is 0. The molecule has 0 saturated heterocycles. The van der Waals surface area contributed by atoms with Gasteiger partial charge in [-0.05, 0) is 55.7 Å². The lowest BCUT2D eigenvalue weighted by molar-refractivity contribution is 0.102. The molecule has 0 aliphatic heterocycles. The van der Waals surface area contributed by atoms with Gasteiger partial charge in [0.1, 0.15) is 0 Å². The van der Waals surface area contributed by atoms with E-state index in [1.54, 1.807) is 12.1 Å². The van der Waals surface area contributed by atoms with Crippen molar-refractivity contribution in [1.82, 2.24) is 4.98 Å². The molecule has 3 nitrogen and oxygen atoms in total. The average molecular weight is 331 g/mol. The van der Waals surface area contributed by atoms with E-state index in [4.69, 9.17) is 11.6 Å². The van der Waals surface area contributed by atoms with Crippen molar-refractivity contribution in [2.45, 2.75) is 20.8 Å². The number of anilines is 1. The Morgan fingerprint density at radius 3 is 2.64 bits per heavy atom. The first-order valence-corrected chi connectivity index (χ1v) is 8.09. The highest BCUT2D eigenvalue weighted by molar-refractivity contribution is 7.22. The van der Waals surface area contributed by atoms with Crippen LogP contribution >= 0.6 is 22.9 Å². The molecule has 1 aromatic heterocycles. The zero-order valence-electron chi connectivity index (χ0n) is 12.5. The number of aromatic nitrogens is 1. The van der Waals surface area contributed by atoms with Crippen molar-refractivity contribution in [2.75, 3.05) is 5.32 Å². The molecular weight excluding hydrogens is 316 g/mol. The van der Waals surface area contributed by atoms with Crippen LogP contribution in [-0.2, 0) is 0 Å². The van der Waals surface area contributed by atoms with Gasteiger partial charge in [0, 0.05) is 10.6 Å². The molecule has 3 aromatic rings. The predicted molar refractivity (Wildman–Crippen MR) is 93.2 cm³/mol. The number of carbonyl (C=O) groups is 1. The number of carbonyl (C=O) groups excluding carboxylic acids is 1. The van der Waals surface area contributed by atoms with Gasteiger partial charge < -0.3 is 0 Å². The molecule has 112 valence electrons. The number of nitrogens with one attached hydrogen (secondary N) is 1. The predicted octanol–water partition coefficient (Wildman–Crippen LogP) is 5.13. The number of amides is 1. The fourth-order valence-corrected chi connectivity index (χ4v) is 3.55. The molecule has 0 saturated carbocycles. The van der Waals surface area contributed by atoms with Gasteiger partial charge in [0.2, 0.25) is 0 Å². The van der Waals surface area contributed by atoms with Crippen LogP contribution in [0.4, 0.5) is 5.13 Å². The molecule has 0 fully saturated rings. The molecule has 0 aliphatic carbocycles. The Balaban J connectivity index is 1.90. The molecule has 5 heteroatoms. The third kappa shape index (κ3) is 2.85. The normalized spacial score (nSPS) is 10.9. The Labute approximate surface area is 138 Å². The molecule has 0 atom stereocenters. The number of thiazole rings is 1. The van der Waals surface area contributed by atoms with E-state index >= 15 is 0 Å². The summed E-state index contributed by atoms with van der Waals surface area (Å²) in [6.45, 7) is 5.99. The number of aryl methyl sites for hydroxylation is 3. The highest BCUT2D eigenvalue weighted by atomic mass is 35.5. The molecule has 1 N–H and O–H groups in total. The smallest absolute Gasteiger partial charge is 0.257 e. The van der Waals surface area contributed by atoms with Crippen molar-refractivity contribution >= 4 is 44.2 Å². The highest BCUT2D eigenvalue weighted by Crippen LogP contribution is 2.29. The molecule has 0 bridgehead atoms. The lowest BCUT2D eigenvalue weighted by atomic mass is 10.1. The average Bonchev–Trinajstić information content (AvgIpc) is 2.84. The maximum absolute atomic E-state index is 12.3. The second-order valence-corrected chi connectivity index (χ2v) is 6.80. The standard InChI is InChI=1S/C17H15ClN2OS/c1-9-6-11(3)15-14(7-9)22-17(19-15)20-16(21)12-5-4-10(2)13(18)8-12/h4-8H,1-3H3,(H,19,20,21). The summed E-state index contributed by atoms with van der Waals surface area (Å²) >= 11 is 7.55. The van der Waals surface area contributed by atoms with Crippen molar-refractivity contribution in [3.05, 3.63) is 57.6 Å². The summed E-state index contributed by atoms with van der Waals surface area (Å²) in [5.41, 5.74) is 4.72. The second-order valence-electron chi connectivity index (χ2n) is 5.37. The summed E-state index contributed by atoms with van der Waals surface area (Å²) in [5.74, 6) is -0.199. The number of benzene rings is 2. The van der Waals surface area contributed by atoms with Crippen LogP contribution in [0.1, 0.15) is 27.0 Å². The maximum atomic E-state index is 12.3. The van der Waals surface area contributed by atoms with Gasteiger partial charge in [-0.15, -0.1) is 0 Å². The van der Waals surface area contributed by atoms with Crippen LogP contribution in [0.25, 0.3) is 10.2 Å². The van der Waals surface area contributed by atoms with Crippen molar-refractivity contribution < 1.29 is 4.79 Å². The van der Waals surface area contributed by atoms with Crippen LogP contribution in [0, 0.1) is 20.8 Å². The van der Waals surface area contributed by atoms with E-state index in [0.29, 0.717) is 15.7 Å². The van der Waals surface area contributed by atoms with E-state index in [9.17, 15) is 4.79 Å². The summed E-state index contributed by atoms with van der Waals surface area (Å²) in [5, 5.41) is 4.04. The third-order valence-electron chi connectivity index (χ3n) is 3.48. The van der Waals surface area contributed by atoms with Crippen LogP contribution in [0.15, 0.2) is 30.3 Å². The van der Waals surface area contributed by atoms with Gasteiger partial charge in [0.05, 0.1) is 10.2 Å². The van der Waals surface area contributed by atoms with E-state index in [1.165, 1.54) is 16.9 Å². The molecule has 2 aromatic carbocycles. The third-order valence-corrected chi connectivity index (χ3v) is 4.81. The Bertz CT molecular complexity index is 886. The molecule has 1 heterocycles. The maximum Gasteiger partial charge on any atom is 0.257 e. The molecule has 0 spiro atoms. The first-order chi connectivity index (χ1) is 10.4. The van der Waals surface area contributed by atoms with Crippen molar-refractivity contribution in [2.24, 2.45) is 0 Å². The Hall–Kier alpha value is -1.91. The number of hydrogen-bond acceptors (Lipinski definition) is 3. The van der Waals surface area contributed by atoms with Gasteiger partial charge in [0.15, 0.2) is 5.13 Å². The number of halogens is 1. The lowest BCUT2D eigenvalue weighted by Gasteiger charge is -2.03. The van der Waals surface area contributed by atoms with Gasteiger partial charge in [-0.3, -0.25) is 10.1 Å². The van der Waals surface area contributed by atoms with E-state index < -0.39 is 0 Å². The monoisotopic (exact) mass is 330 g/mol. The van der Waals surface area contributed by atoms with Crippen molar-refractivity contribution in [3.63, 3.8) is 0 Å². The van der Waals surface area contributed by atoms with Crippen LogP contribution < -0.4 is 5.32 Å². The van der Waals surface area contributed by atoms with Gasteiger partial charge >= 0.3 is 0 Å². The quantitative estimate of drug-likeness (QED) is 0.708.